The molecule has 0 saturated carbocycles. The smallest absolute Gasteiger partial charge is 0.153 e. The van der Waals surface area contributed by atoms with Gasteiger partial charge < -0.3 is 10.6 Å². The van der Waals surface area contributed by atoms with Crippen LogP contribution in [0.4, 0.5) is 17.5 Å². The van der Waals surface area contributed by atoms with Gasteiger partial charge in [-0.2, -0.15) is 5.10 Å². The summed E-state index contributed by atoms with van der Waals surface area (Å²) >= 11 is 1.87. The molecule has 1 unspecified atom stereocenters. The molecular weight excluding hydrogens is 444 g/mol. The standard InChI is InChI=1S/C25H28N8S/c1-16-11-24(32-31-16)29-23-14-22-21(8-4-10-27-22)25(30-23)28-17-12-18-5-2-6-19(13-17)33(18)34-20-7-3-9-26-15-20/h3-4,7-11,14-15,17-19H,2,5-6,12-13H2,1H3,(H3,28,29,30,31,32)/t17?,18-,19+. The average molecular weight is 473 g/mol. The van der Waals surface area contributed by atoms with Crippen molar-refractivity contribution in [1.82, 2.24) is 29.5 Å². The van der Waals surface area contributed by atoms with Crippen molar-refractivity contribution in [3.8, 4) is 0 Å². The molecule has 0 amide bonds. The predicted molar refractivity (Wildman–Crippen MR) is 136 cm³/mol. The number of nitrogens with one attached hydrogen (secondary N) is 3. The second-order valence-electron chi connectivity index (χ2n) is 9.18. The summed E-state index contributed by atoms with van der Waals surface area (Å²) in [7, 11) is 0. The van der Waals surface area contributed by atoms with Gasteiger partial charge >= 0.3 is 0 Å². The van der Waals surface area contributed by atoms with E-state index in [9.17, 15) is 0 Å². The quantitative estimate of drug-likeness (QED) is 0.325. The summed E-state index contributed by atoms with van der Waals surface area (Å²) in [6.07, 6.45) is 11.6. The Labute approximate surface area is 203 Å². The summed E-state index contributed by atoms with van der Waals surface area (Å²) in [5, 5.41) is 15.4. The topological polar surface area (TPSA) is 94.7 Å². The van der Waals surface area contributed by atoms with Gasteiger partial charge in [-0.1, -0.05) is 6.42 Å². The van der Waals surface area contributed by atoms with Crippen LogP contribution in [0.3, 0.4) is 0 Å². The fourth-order valence-corrected chi connectivity index (χ4v) is 6.36. The Morgan fingerprint density at radius 2 is 1.91 bits per heavy atom. The fourth-order valence-electron chi connectivity index (χ4n) is 5.18. The zero-order valence-corrected chi connectivity index (χ0v) is 19.9. The van der Waals surface area contributed by atoms with Gasteiger partial charge in [-0.15, -0.1) is 0 Å². The molecule has 0 radical (unpaired) electrons. The van der Waals surface area contributed by atoms with Crippen LogP contribution in [-0.2, 0) is 0 Å². The van der Waals surface area contributed by atoms with Gasteiger partial charge in [-0.05, 0) is 68.8 Å². The van der Waals surface area contributed by atoms with Gasteiger partial charge in [0.05, 0.1) is 5.52 Å². The molecule has 174 valence electrons. The van der Waals surface area contributed by atoms with Crippen LogP contribution in [0.2, 0.25) is 0 Å². The van der Waals surface area contributed by atoms with Crippen LogP contribution in [0.5, 0.6) is 0 Å². The monoisotopic (exact) mass is 472 g/mol. The highest BCUT2D eigenvalue weighted by Crippen LogP contribution is 2.42. The van der Waals surface area contributed by atoms with Gasteiger partial charge in [0.25, 0.3) is 0 Å². The zero-order valence-electron chi connectivity index (χ0n) is 19.1. The third kappa shape index (κ3) is 4.45. The van der Waals surface area contributed by atoms with Crippen molar-refractivity contribution in [3.63, 3.8) is 0 Å². The lowest BCUT2D eigenvalue weighted by atomic mass is 9.84. The fraction of sp³-hybridized carbons (Fsp3) is 0.360. The van der Waals surface area contributed by atoms with Crippen LogP contribution >= 0.6 is 11.9 Å². The first-order chi connectivity index (χ1) is 16.7. The normalized spacial score (nSPS) is 22.6. The number of pyridine rings is 3. The van der Waals surface area contributed by atoms with Gasteiger partial charge in [-0.3, -0.25) is 15.1 Å². The largest absolute Gasteiger partial charge is 0.367 e. The van der Waals surface area contributed by atoms with Crippen molar-refractivity contribution in [2.75, 3.05) is 10.6 Å². The number of rotatable bonds is 6. The number of fused-ring (bicyclic) bond motifs is 3. The first-order valence-corrected chi connectivity index (χ1v) is 12.7. The summed E-state index contributed by atoms with van der Waals surface area (Å²) in [4.78, 5) is 15.0. The van der Waals surface area contributed by atoms with Crippen LogP contribution < -0.4 is 10.6 Å². The molecule has 2 bridgehead atoms. The van der Waals surface area contributed by atoms with Crippen molar-refractivity contribution >= 4 is 40.3 Å². The average Bonchev–Trinajstić information content (AvgIpc) is 3.24. The molecule has 8 nitrogen and oxygen atoms in total. The lowest BCUT2D eigenvalue weighted by Crippen LogP contribution is -2.51. The number of aromatic amines is 1. The molecule has 6 rings (SSSR count). The number of piperidine rings is 2. The third-order valence-corrected chi connectivity index (χ3v) is 7.91. The lowest BCUT2D eigenvalue weighted by molar-refractivity contribution is 0.128. The Hall–Kier alpha value is -3.17. The minimum atomic E-state index is 0.375. The zero-order chi connectivity index (χ0) is 22.9. The first-order valence-electron chi connectivity index (χ1n) is 11.9. The molecule has 4 aromatic rings. The number of aryl methyl sites for hydroxylation is 1. The van der Waals surface area contributed by atoms with Crippen LogP contribution in [0, 0.1) is 6.92 Å². The lowest BCUT2D eigenvalue weighted by Gasteiger charge is -2.48. The molecule has 2 saturated heterocycles. The van der Waals surface area contributed by atoms with Gasteiger partial charge in [0.15, 0.2) is 5.82 Å². The van der Waals surface area contributed by atoms with E-state index in [-0.39, 0.29) is 0 Å². The van der Waals surface area contributed by atoms with Gasteiger partial charge in [0, 0.05) is 64.8 Å². The second kappa shape index (κ2) is 9.23. The van der Waals surface area contributed by atoms with E-state index < -0.39 is 0 Å². The van der Waals surface area contributed by atoms with Crippen LogP contribution in [0.25, 0.3) is 10.9 Å². The number of H-pyrrole nitrogens is 1. The van der Waals surface area contributed by atoms with E-state index in [2.05, 4.69) is 47.2 Å². The Morgan fingerprint density at radius 1 is 1.06 bits per heavy atom. The van der Waals surface area contributed by atoms with Crippen LogP contribution in [0.15, 0.2) is 59.9 Å². The minimum absolute atomic E-state index is 0.375. The highest BCUT2D eigenvalue weighted by atomic mass is 32.2. The Kier molecular flexibility index (Phi) is 5.80. The maximum absolute atomic E-state index is 4.94. The summed E-state index contributed by atoms with van der Waals surface area (Å²) in [6.45, 7) is 1.98. The summed E-state index contributed by atoms with van der Waals surface area (Å²) in [6, 6.07) is 13.7. The third-order valence-electron chi connectivity index (χ3n) is 6.66. The number of hydrogen-bond acceptors (Lipinski definition) is 8. The van der Waals surface area contributed by atoms with Crippen molar-refractivity contribution < 1.29 is 0 Å². The van der Waals surface area contributed by atoms with Gasteiger partial charge in [0.2, 0.25) is 0 Å². The van der Waals surface area contributed by atoms with Gasteiger partial charge in [-0.25, -0.2) is 9.29 Å². The minimum Gasteiger partial charge on any atom is -0.367 e. The molecule has 0 aliphatic carbocycles. The predicted octanol–water partition coefficient (Wildman–Crippen LogP) is 5.30. The summed E-state index contributed by atoms with van der Waals surface area (Å²) in [5.74, 6) is 2.38. The maximum Gasteiger partial charge on any atom is 0.153 e. The van der Waals surface area contributed by atoms with E-state index in [1.165, 1.54) is 24.2 Å². The van der Waals surface area contributed by atoms with E-state index in [0.717, 1.165) is 46.9 Å². The molecule has 3 N–H and O–H groups in total. The number of hydrogen-bond donors (Lipinski definition) is 3. The molecule has 9 heteroatoms. The first kappa shape index (κ1) is 21.4. The molecule has 6 heterocycles. The molecule has 3 atom stereocenters. The number of nitrogens with zero attached hydrogens (tertiary/aromatic N) is 5. The SMILES string of the molecule is Cc1cc(Nc2cc3ncccc3c(NC3C[C@H]4CCC[C@@H](C3)N4Sc3cccnc3)n2)n[nH]1. The molecule has 34 heavy (non-hydrogen) atoms. The summed E-state index contributed by atoms with van der Waals surface area (Å²) < 4.78 is 2.63. The molecule has 2 aliphatic heterocycles. The van der Waals surface area contributed by atoms with E-state index >= 15 is 0 Å². The van der Waals surface area contributed by atoms with Crippen molar-refractivity contribution in [2.45, 2.75) is 62.0 Å². The second-order valence-corrected chi connectivity index (χ2v) is 10.3. The van der Waals surface area contributed by atoms with E-state index in [4.69, 9.17) is 4.98 Å². The van der Waals surface area contributed by atoms with E-state index in [1.54, 1.807) is 0 Å². The molecule has 2 aliphatic rings. The Balaban J connectivity index is 1.23. The summed E-state index contributed by atoms with van der Waals surface area (Å²) in [5.41, 5.74) is 1.92. The molecule has 0 spiro atoms. The highest BCUT2D eigenvalue weighted by Gasteiger charge is 2.39. The highest BCUT2D eigenvalue weighted by molar-refractivity contribution is 7.97. The Morgan fingerprint density at radius 3 is 2.68 bits per heavy atom. The van der Waals surface area contributed by atoms with Crippen molar-refractivity contribution in [2.24, 2.45) is 0 Å². The van der Waals surface area contributed by atoms with Crippen LogP contribution in [-0.4, -0.2) is 47.6 Å². The van der Waals surface area contributed by atoms with E-state index in [1.807, 2.05) is 61.7 Å². The van der Waals surface area contributed by atoms with Crippen LogP contribution in [0.1, 0.15) is 37.8 Å². The van der Waals surface area contributed by atoms with Gasteiger partial charge in [0.1, 0.15) is 11.6 Å². The Bertz CT molecular complexity index is 1260. The molecule has 4 aromatic heterocycles. The van der Waals surface area contributed by atoms with Crippen molar-refractivity contribution in [1.29, 1.82) is 0 Å². The number of aromatic nitrogens is 5. The molecule has 2 fully saturated rings. The molecular formula is C25H28N8S. The number of anilines is 3. The maximum atomic E-state index is 4.94. The van der Waals surface area contributed by atoms with Crippen molar-refractivity contribution in [3.05, 3.63) is 60.7 Å². The molecule has 0 aromatic carbocycles. The van der Waals surface area contributed by atoms with E-state index in [0.29, 0.717) is 18.1 Å².